The molecule has 2 aliphatic rings. The van der Waals surface area contributed by atoms with Crippen LogP contribution in [-0.2, 0) is 11.3 Å². The summed E-state index contributed by atoms with van der Waals surface area (Å²) in [5.41, 5.74) is 1.50. The van der Waals surface area contributed by atoms with E-state index in [0.717, 1.165) is 37.3 Å². The van der Waals surface area contributed by atoms with Gasteiger partial charge < -0.3 is 5.32 Å². The van der Waals surface area contributed by atoms with Crippen molar-refractivity contribution in [2.45, 2.75) is 90.3 Å². The number of carbonyl (C=O) groups excluding carboxylic acids is 1. The first-order chi connectivity index (χ1) is 14.3. The first-order valence-corrected chi connectivity index (χ1v) is 11.5. The maximum atomic E-state index is 13.0. The van der Waals surface area contributed by atoms with Gasteiger partial charge in [-0.25, -0.2) is 4.68 Å². The molecule has 1 aliphatic heterocycles. The van der Waals surface area contributed by atoms with Gasteiger partial charge in [-0.15, -0.1) is 0 Å². The van der Waals surface area contributed by atoms with E-state index in [1.54, 1.807) is 0 Å². The first-order valence-electron chi connectivity index (χ1n) is 11.5. The highest BCUT2D eigenvalue weighted by molar-refractivity contribution is 5.76. The molecule has 1 amide bonds. The van der Waals surface area contributed by atoms with Crippen molar-refractivity contribution in [2.75, 3.05) is 13.1 Å². The van der Waals surface area contributed by atoms with E-state index in [-0.39, 0.29) is 30.0 Å². The van der Waals surface area contributed by atoms with Gasteiger partial charge in [-0.1, -0.05) is 34.1 Å². The van der Waals surface area contributed by atoms with Crippen molar-refractivity contribution in [2.24, 2.45) is 0 Å². The van der Waals surface area contributed by atoms with Crippen molar-refractivity contribution in [3.05, 3.63) is 34.0 Å². The zero-order valence-corrected chi connectivity index (χ0v) is 18.7. The Morgan fingerprint density at radius 1 is 1.17 bits per heavy atom. The van der Waals surface area contributed by atoms with Gasteiger partial charge in [-0.2, -0.15) is 5.10 Å². The molecule has 1 saturated carbocycles. The molecule has 0 radical (unpaired) electrons. The van der Waals surface area contributed by atoms with E-state index < -0.39 is 0 Å². The second kappa shape index (κ2) is 8.53. The van der Waals surface area contributed by atoms with E-state index in [4.69, 9.17) is 0 Å². The third-order valence-electron chi connectivity index (χ3n) is 6.65. The Bertz CT molecular complexity index is 970. The van der Waals surface area contributed by atoms with Gasteiger partial charge in [-0.3, -0.25) is 18.9 Å². The molecule has 1 N–H and O–H groups in total. The molecule has 2 aromatic heterocycles. The predicted octanol–water partition coefficient (Wildman–Crippen LogP) is 2.88. The van der Waals surface area contributed by atoms with Gasteiger partial charge in [0.2, 0.25) is 5.91 Å². The van der Waals surface area contributed by atoms with E-state index >= 15 is 0 Å². The largest absolute Gasteiger partial charge is 0.350 e. The maximum absolute atomic E-state index is 13.0. The number of carbonyl (C=O) groups is 1. The number of nitrogens with one attached hydrogen (secondary N) is 1. The third kappa shape index (κ3) is 4.17. The summed E-state index contributed by atoms with van der Waals surface area (Å²) in [6, 6.07) is 2.80. The molecular weight excluding hydrogens is 378 g/mol. The maximum Gasteiger partial charge on any atom is 0.291 e. The van der Waals surface area contributed by atoms with Crippen molar-refractivity contribution >= 4 is 11.4 Å². The van der Waals surface area contributed by atoms with Crippen molar-refractivity contribution in [3.63, 3.8) is 0 Å². The molecule has 1 aliphatic carbocycles. The highest BCUT2D eigenvalue weighted by atomic mass is 16.2. The highest BCUT2D eigenvalue weighted by Crippen LogP contribution is 2.27. The number of fused-ring (bicyclic) bond motifs is 1. The van der Waals surface area contributed by atoms with Crippen LogP contribution < -0.4 is 10.9 Å². The molecule has 1 atom stereocenters. The Balaban J connectivity index is 1.52. The van der Waals surface area contributed by atoms with Crippen molar-refractivity contribution in [1.82, 2.24) is 24.4 Å². The number of amides is 1. The molecule has 0 spiro atoms. The minimum Gasteiger partial charge on any atom is -0.350 e. The summed E-state index contributed by atoms with van der Waals surface area (Å²) in [5.74, 6) is 1.15. The molecule has 30 heavy (non-hydrogen) atoms. The van der Waals surface area contributed by atoms with Crippen LogP contribution in [0.2, 0.25) is 0 Å². The number of hydrogen-bond acceptors (Lipinski definition) is 4. The quantitative estimate of drug-likeness (QED) is 0.790. The van der Waals surface area contributed by atoms with Gasteiger partial charge in [0.25, 0.3) is 5.56 Å². The number of rotatable bonds is 6. The molecule has 0 unspecified atom stereocenters. The van der Waals surface area contributed by atoms with Crippen LogP contribution in [-0.4, -0.2) is 50.2 Å². The summed E-state index contributed by atoms with van der Waals surface area (Å²) in [5, 5.41) is 7.73. The average molecular weight is 414 g/mol. The second-order valence-electron chi connectivity index (χ2n) is 9.65. The van der Waals surface area contributed by atoms with Crippen molar-refractivity contribution in [3.8, 4) is 0 Å². The molecule has 2 aromatic rings. The highest BCUT2D eigenvalue weighted by Gasteiger charge is 2.30. The summed E-state index contributed by atoms with van der Waals surface area (Å²) in [6.45, 7) is 10.4. The van der Waals surface area contributed by atoms with Gasteiger partial charge in [0.1, 0.15) is 17.9 Å². The van der Waals surface area contributed by atoms with Crippen LogP contribution in [0.5, 0.6) is 0 Å². The molecule has 2 fully saturated rings. The zero-order chi connectivity index (χ0) is 21.4. The first kappa shape index (κ1) is 21.1. The summed E-state index contributed by atoms with van der Waals surface area (Å²) in [7, 11) is 0. The molecule has 3 heterocycles. The average Bonchev–Trinajstić information content (AvgIpc) is 3.08. The lowest BCUT2D eigenvalue weighted by atomic mass is 9.89. The summed E-state index contributed by atoms with van der Waals surface area (Å²) < 4.78 is 3.24. The SMILES string of the molecule is CC(C)c1cc2c(=O)n(CC(=O)N[C@@H]3CCCN(C4CCC4)C3)nc(C(C)C)n2c1. The molecule has 7 heteroatoms. The van der Waals surface area contributed by atoms with Crippen molar-refractivity contribution in [1.29, 1.82) is 0 Å². The van der Waals surface area contributed by atoms with E-state index in [1.807, 2.05) is 16.7 Å². The van der Waals surface area contributed by atoms with Crippen LogP contribution >= 0.6 is 0 Å². The van der Waals surface area contributed by atoms with E-state index in [9.17, 15) is 9.59 Å². The van der Waals surface area contributed by atoms with Gasteiger partial charge in [-0.05, 0) is 49.8 Å². The van der Waals surface area contributed by atoms with Crippen LogP contribution in [0.25, 0.3) is 5.52 Å². The second-order valence-corrected chi connectivity index (χ2v) is 9.65. The van der Waals surface area contributed by atoms with Gasteiger partial charge >= 0.3 is 0 Å². The fourth-order valence-electron chi connectivity index (χ4n) is 4.62. The van der Waals surface area contributed by atoms with Crippen LogP contribution in [0.1, 0.15) is 83.0 Å². The number of nitrogens with zero attached hydrogens (tertiary/aromatic N) is 4. The lowest BCUT2D eigenvalue weighted by molar-refractivity contribution is -0.123. The molecule has 4 rings (SSSR count). The Kier molecular flexibility index (Phi) is 6.00. The Morgan fingerprint density at radius 2 is 1.93 bits per heavy atom. The topological polar surface area (TPSA) is 71.6 Å². The smallest absolute Gasteiger partial charge is 0.291 e. The van der Waals surface area contributed by atoms with Crippen LogP contribution in [0.4, 0.5) is 0 Å². The lowest BCUT2D eigenvalue weighted by Crippen LogP contribution is -2.53. The lowest BCUT2D eigenvalue weighted by Gasteiger charge is -2.42. The summed E-state index contributed by atoms with van der Waals surface area (Å²) in [4.78, 5) is 28.4. The number of likely N-dealkylation sites (tertiary alicyclic amines) is 1. The van der Waals surface area contributed by atoms with Gasteiger partial charge in [0.05, 0.1) is 0 Å². The molecule has 0 bridgehead atoms. The minimum absolute atomic E-state index is 0.0306. The normalized spacial score (nSPS) is 20.8. The number of piperidine rings is 1. The Labute approximate surface area is 178 Å². The van der Waals surface area contributed by atoms with Crippen LogP contribution in [0, 0.1) is 0 Å². The van der Waals surface area contributed by atoms with Gasteiger partial charge in [0, 0.05) is 30.7 Å². The fourth-order valence-corrected chi connectivity index (χ4v) is 4.62. The molecule has 7 nitrogen and oxygen atoms in total. The Hall–Kier alpha value is -2.15. The number of hydrogen-bond donors (Lipinski definition) is 1. The molecule has 0 aromatic carbocycles. The van der Waals surface area contributed by atoms with E-state index in [2.05, 4.69) is 43.0 Å². The Morgan fingerprint density at radius 3 is 2.57 bits per heavy atom. The minimum atomic E-state index is -0.207. The molecule has 1 saturated heterocycles. The third-order valence-corrected chi connectivity index (χ3v) is 6.65. The van der Waals surface area contributed by atoms with Crippen LogP contribution in [0.15, 0.2) is 17.1 Å². The summed E-state index contributed by atoms with van der Waals surface area (Å²) >= 11 is 0. The molecule has 164 valence electrons. The standard InChI is InChI=1S/C23H35N5O2/c1-15(2)17-11-20-23(30)28(25-22(16(3)4)27(20)12-17)14-21(29)24-18-7-6-10-26(13-18)19-8-5-9-19/h11-12,15-16,18-19H,5-10,13-14H2,1-4H3,(H,24,29)/t18-/m1/s1. The molecular formula is C23H35N5O2. The predicted molar refractivity (Wildman–Crippen MR) is 118 cm³/mol. The van der Waals surface area contributed by atoms with Gasteiger partial charge in [0.15, 0.2) is 0 Å². The van der Waals surface area contributed by atoms with E-state index in [0.29, 0.717) is 17.5 Å². The summed E-state index contributed by atoms with van der Waals surface area (Å²) in [6.07, 6.45) is 8.02. The van der Waals surface area contributed by atoms with Crippen molar-refractivity contribution < 1.29 is 4.79 Å². The fraction of sp³-hybridized carbons (Fsp3) is 0.696. The van der Waals surface area contributed by atoms with Crippen LogP contribution in [0.3, 0.4) is 0 Å². The number of aromatic nitrogens is 3. The zero-order valence-electron chi connectivity index (χ0n) is 18.7. The van der Waals surface area contributed by atoms with E-state index in [1.165, 1.54) is 23.9 Å². The monoisotopic (exact) mass is 413 g/mol.